The number of ether oxygens (including phenoxy) is 2. The summed E-state index contributed by atoms with van der Waals surface area (Å²) in [7, 11) is 3.20. The van der Waals surface area contributed by atoms with Crippen LogP contribution in [0.4, 0.5) is 0 Å². The monoisotopic (exact) mass is 440 g/mol. The van der Waals surface area contributed by atoms with Crippen molar-refractivity contribution in [2.45, 2.75) is 33.4 Å². The Bertz CT molecular complexity index is 1090. The number of methoxy groups -OCH3 is 2. The third kappa shape index (κ3) is 5.32. The number of H-pyrrole nitrogens is 1. The van der Waals surface area contributed by atoms with Crippen molar-refractivity contribution in [2.75, 3.05) is 20.8 Å². The zero-order valence-corrected chi connectivity index (χ0v) is 19.2. The summed E-state index contributed by atoms with van der Waals surface area (Å²) in [5.41, 5.74) is 3.12. The summed E-state index contributed by atoms with van der Waals surface area (Å²) in [4.78, 5) is 14.8. The lowest BCUT2D eigenvalue weighted by Gasteiger charge is -2.22. The molecular formula is C23H28N4O3S. The van der Waals surface area contributed by atoms with Gasteiger partial charge < -0.3 is 14.4 Å². The quantitative estimate of drug-likeness (QED) is 0.500. The standard InChI is InChI=1S/C23H28N4O3S/c1-5-26(15-17-8-11-19(29-3)20(14-17)30-4)21(28)12-13-27-22(24-25-23(27)31)18-9-6-16(2)7-10-18/h6-11,14H,5,12-13,15H2,1-4H3,(H,25,31). The van der Waals surface area contributed by atoms with Gasteiger partial charge in [0, 0.05) is 31.6 Å². The Morgan fingerprint density at radius 3 is 2.48 bits per heavy atom. The van der Waals surface area contributed by atoms with Crippen LogP contribution in [0.3, 0.4) is 0 Å². The Hall–Kier alpha value is -3.13. The third-order valence-corrected chi connectivity index (χ3v) is 5.48. The minimum atomic E-state index is 0.0511. The van der Waals surface area contributed by atoms with Crippen molar-refractivity contribution in [3.63, 3.8) is 0 Å². The van der Waals surface area contributed by atoms with E-state index in [4.69, 9.17) is 21.7 Å². The van der Waals surface area contributed by atoms with Crippen LogP contribution in [-0.4, -0.2) is 46.3 Å². The first-order valence-corrected chi connectivity index (χ1v) is 10.6. The number of benzene rings is 2. The van der Waals surface area contributed by atoms with Crippen LogP contribution in [0.25, 0.3) is 11.4 Å². The van der Waals surface area contributed by atoms with Gasteiger partial charge in [0.15, 0.2) is 22.1 Å². The van der Waals surface area contributed by atoms with Crippen molar-refractivity contribution in [1.82, 2.24) is 19.7 Å². The number of aromatic amines is 1. The lowest BCUT2D eigenvalue weighted by molar-refractivity contribution is -0.131. The summed E-state index contributed by atoms with van der Waals surface area (Å²) in [5, 5.41) is 7.20. The van der Waals surface area contributed by atoms with Crippen LogP contribution in [0.2, 0.25) is 0 Å². The highest BCUT2D eigenvalue weighted by atomic mass is 32.1. The van der Waals surface area contributed by atoms with Crippen molar-refractivity contribution >= 4 is 18.1 Å². The van der Waals surface area contributed by atoms with Crippen LogP contribution in [0.15, 0.2) is 42.5 Å². The molecule has 1 amide bonds. The molecule has 1 N–H and O–H groups in total. The first kappa shape index (κ1) is 22.6. The highest BCUT2D eigenvalue weighted by molar-refractivity contribution is 7.71. The van der Waals surface area contributed by atoms with E-state index < -0.39 is 0 Å². The number of rotatable bonds is 9. The number of nitrogens with zero attached hydrogens (tertiary/aromatic N) is 3. The van der Waals surface area contributed by atoms with E-state index in [1.165, 1.54) is 5.56 Å². The fraction of sp³-hybridized carbons (Fsp3) is 0.348. The van der Waals surface area contributed by atoms with Crippen LogP contribution in [0.1, 0.15) is 24.5 Å². The Balaban J connectivity index is 1.71. The summed E-state index contributed by atoms with van der Waals surface area (Å²) >= 11 is 5.40. The molecule has 0 fully saturated rings. The van der Waals surface area contributed by atoms with E-state index in [-0.39, 0.29) is 5.91 Å². The van der Waals surface area contributed by atoms with Crippen molar-refractivity contribution in [1.29, 1.82) is 0 Å². The summed E-state index contributed by atoms with van der Waals surface area (Å²) in [6.07, 6.45) is 0.327. The molecule has 164 valence electrons. The highest BCUT2D eigenvalue weighted by Crippen LogP contribution is 2.28. The van der Waals surface area contributed by atoms with E-state index in [2.05, 4.69) is 10.2 Å². The molecule has 3 rings (SSSR count). The van der Waals surface area contributed by atoms with E-state index >= 15 is 0 Å². The fourth-order valence-electron chi connectivity index (χ4n) is 3.39. The van der Waals surface area contributed by atoms with Crippen LogP contribution in [0, 0.1) is 11.7 Å². The van der Waals surface area contributed by atoms with E-state index in [1.54, 1.807) is 14.2 Å². The maximum absolute atomic E-state index is 12.9. The van der Waals surface area contributed by atoms with Gasteiger partial charge in [-0.2, -0.15) is 5.10 Å². The molecule has 0 spiro atoms. The lowest BCUT2D eigenvalue weighted by atomic mass is 10.1. The van der Waals surface area contributed by atoms with Gasteiger partial charge in [-0.15, -0.1) is 0 Å². The highest BCUT2D eigenvalue weighted by Gasteiger charge is 2.16. The Kier molecular flexibility index (Phi) is 7.46. The fourth-order valence-corrected chi connectivity index (χ4v) is 3.61. The Morgan fingerprint density at radius 2 is 1.84 bits per heavy atom. The molecule has 0 saturated carbocycles. The molecule has 8 heteroatoms. The molecule has 7 nitrogen and oxygen atoms in total. The molecule has 3 aromatic rings. The van der Waals surface area contributed by atoms with E-state index in [9.17, 15) is 4.79 Å². The van der Waals surface area contributed by atoms with Gasteiger partial charge in [-0.3, -0.25) is 14.5 Å². The van der Waals surface area contributed by atoms with Crippen molar-refractivity contribution in [3.8, 4) is 22.9 Å². The second-order valence-electron chi connectivity index (χ2n) is 7.22. The Labute approximate surface area is 187 Å². The van der Waals surface area contributed by atoms with Crippen LogP contribution >= 0.6 is 12.2 Å². The van der Waals surface area contributed by atoms with Gasteiger partial charge in [-0.25, -0.2) is 0 Å². The molecule has 0 aliphatic carbocycles. The molecule has 0 bridgehead atoms. The molecule has 0 aliphatic rings. The van der Waals surface area contributed by atoms with Gasteiger partial charge in [0.2, 0.25) is 5.91 Å². The molecular weight excluding hydrogens is 412 g/mol. The number of amides is 1. The van der Waals surface area contributed by atoms with Gasteiger partial charge in [-0.1, -0.05) is 35.9 Å². The molecule has 0 radical (unpaired) electrons. The summed E-state index contributed by atoms with van der Waals surface area (Å²) in [6, 6.07) is 13.8. The molecule has 0 saturated heterocycles. The predicted molar refractivity (Wildman–Crippen MR) is 123 cm³/mol. The summed E-state index contributed by atoms with van der Waals surface area (Å²) in [5.74, 6) is 2.10. The minimum absolute atomic E-state index is 0.0511. The number of nitrogens with one attached hydrogen (secondary N) is 1. The van der Waals surface area contributed by atoms with Gasteiger partial charge in [-0.05, 0) is 43.8 Å². The van der Waals surface area contributed by atoms with Crippen molar-refractivity contribution in [2.24, 2.45) is 0 Å². The second-order valence-corrected chi connectivity index (χ2v) is 7.60. The van der Waals surface area contributed by atoms with Gasteiger partial charge >= 0.3 is 0 Å². The van der Waals surface area contributed by atoms with Crippen molar-refractivity contribution < 1.29 is 14.3 Å². The topological polar surface area (TPSA) is 72.4 Å². The van der Waals surface area contributed by atoms with E-state index in [0.29, 0.717) is 42.3 Å². The lowest BCUT2D eigenvalue weighted by Crippen LogP contribution is -2.31. The number of hydrogen-bond acceptors (Lipinski definition) is 5. The van der Waals surface area contributed by atoms with E-state index in [1.807, 2.05) is 65.8 Å². The number of carbonyl (C=O) groups excluding carboxylic acids is 1. The maximum Gasteiger partial charge on any atom is 0.224 e. The predicted octanol–water partition coefficient (Wildman–Crippen LogP) is 4.37. The largest absolute Gasteiger partial charge is 0.493 e. The summed E-state index contributed by atoms with van der Waals surface area (Å²) in [6.45, 7) is 5.57. The van der Waals surface area contributed by atoms with Crippen LogP contribution in [-0.2, 0) is 17.9 Å². The van der Waals surface area contributed by atoms with Crippen LogP contribution < -0.4 is 9.47 Å². The molecule has 2 aromatic carbocycles. The molecule has 0 aliphatic heterocycles. The zero-order valence-electron chi connectivity index (χ0n) is 18.3. The SMILES string of the molecule is CCN(Cc1ccc(OC)c(OC)c1)C(=O)CCn1c(-c2ccc(C)cc2)n[nH]c1=S. The van der Waals surface area contributed by atoms with E-state index in [0.717, 1.165) is 17.0 Å². The number of aromatic nitrogens is 3. The number of carbonyl (C=O) groups is 1. The van der Waals surface area contributed by atoms with Crippen LogP contribution in [0.5, 0.6) is 11.5 Å². The smallest absolute Gasteiger partial charge is 0.224 e. The Morgan fingerprint density at radius 1 is 1.13 bits per heavy atom. The molecule has 0 atom stereocenters. The average Bonchev–Trinajstić information content (AvgIpc) is 3.16. The second kappa shape index (κ2) is 10.3. The third-order valence-electron chi connectivity index (χ3n) is 5.17. The van der Waals surface area contributed by atoms with Gasteiger partial charge in [0.25, 0.3) is 0 Å². The van der Waals surface area contributed by atoms with Crippen molar-refractivity contribution in [3.05, 3.63) is 58.4 Å². The summed E-state index contributed by atoms with van der Waals surface area (Å²) < 4.78 is 13.0. The first-order valence-electron chi connectivity index (χ1n) is 10.2. The normalized spacial score (nSPS) is 10.7. The molecule has 1 heterocycles. The number of aryl methyl sites for hydroxylation is 1. The number of hydrogen-bond donors (Lipinski definition) is 1. The first-order chi connectivity index (χ1) is 15.0. The minimum Gasteiger partial charge on any atom is -0.493 e. The average molecular weight is 441 g/mol. The van der Waals surface area contributed by atoms with Gasteiger partial charge in [0.05, 0.1) is 14.2 Å². The molecule has 1 aromatic heterocycles. The zero-order chi connectivity index (χ0) is 22.4. The maximum atomic E-state index is 12.9. The molecule has 31 heavy (non-hydrogen) atoms. The van der Waals surface area contributed by atoms with Gasteiger partial charge in [0.1, 0.15) is 0 Å². The molecule has 0 unspecified atom stereocenters.